The number of fused-ring (bicyclic) bond motifs is 1. The van der Waals surface area contributed by atoms with Crippen molar-refractivity contribution >= 4 is 17.7 Å². The van der Waals surface area contributed by atoms with E-state index in [-0.39, 0.29) is 42.5 Å². The van der Waals surface area contributed by atoms with Crippen LogP contribution in [-0.2, 0) is 14.4 Å². The predicted molar refractivity (Wildman–Crippen MR) is 78.3 cm³/mol. The number of hydrogen-bond donors (Lipinski definition) is 1. The molecule has 6 heteroatoms. The topological polar surface area (TPSA) is 69.7 Å². The average Bonchev–Trinajstić information content (AvgIpc) is 2.69. The number of likely N-dealkylation sites (tertiary alicyclic amines) is 1. The minimum atomic E-state index is -0.122. The van der Waals surface area contributed by atoms with Crippen molar-refractivity contribution < 1.29 is 14.4 Å². The smallest absolute Gasteiger partial charge is 0.233 e. The number of amides is 3. The van der Waals surface area contributed by atoms with Gasteiger partial charge in [-0.1, -0.05) is 12.8 Å². The number of nitrogens with zero attached hydrogens (tertiary/aromatic N) is 2. The SMILES string of the molecule is CN(C)CCNC(=O)CCN1C(=O)[C@H]2CCCC[C@H]2C1=O. The Labute approximate surface area is 125 Å². The molecule has 1 N–H and O–H groups in total. The van der Waals surface area contributed by atoms with Crippen molar-refractivity contribution in [3.05, 3.63) is 0 Å². The highest BCUT2D eigenvalue weighted by Gasteiger charge is 2.47. The number of carbonyl (C=O) groups is 3. The van der Waals surface area contributed by atoms with Crippen LogP contribution in [-0.4, -0.2) is 61.3 Å². The van der Waals surface area contributed by atoms with Gasteiger partial charge in [0.2, 0.25) is 17.7 Å². The van der Waals surface area contributed by atoms with E-state index < -0.39 is 0 Å². The van der Waals surface area contributed by atoms with Crippen molar-refractivity contribution in [2.24, 2.45) is 11.8 Å². The van der Waals surface area contributed by atoms with Gasteiger partial charge < -0.3 is 10.2 Å². The monoisotopic (exact) mass is 295 g/mol. The summed E-state index contributed by atoms with van der Waals surface area (Å²) in [6, 6.07) is 0. The lowest BCUT2D eigenvalue weighted by atomic mass is 9.81. The zero-order valence-corrected chi connectivity index (χ0v) is 12.9. The summed E-state index contributed by atoms with van der Waals surface area (Å²) in [5, 5.41) is 2.80. The van der Waals surface area contributed by atoms with E-state index in [4.69, 9.17) is 0 Å². The highest BCUT2D eigenvalue weighted by molar-refractivity contribution is 6.05. The largest absolute Gasteiger partial charge is 0.355 e. The molecule has 1 saturated carbocycles. The van der Waals surface area contributed by atoms with Gasteiger partial charge in [0.1, 0.15) is 0 Å². The van der Waals surface area contributed by atoms with E-state index in [2.05, 4.69) is 5.32 Å². The fourth-order valence-corrected chi connectivity index (χ4v) is 3.17. The third-order valence-corrected chi connectivity index (χ3v) is 4.38. The van der Waals surface area contributed by atoms with Crippen LogP contribution < -0.4 is 5.32 Å². The van der Waals surface area contributed by atoms with E-state index in [0.29, 0.717) is 6.54 Å². The summed E-state index contributed by atoms with van der Waals surface area (Å²) < 4.78 is 0. The summed E-state index contributed by atoms with van der Waals surface area (Å²) in [5.74, 6) is -0.477. The zero-order valence-electron chi connectivity index (χ0n) is 12.9. The normalized spacial score (nSPS) is 25.4. The Morgan fingerprint density at radius 3 is 2.29 bits per heavy atom. The Morgan fingerprint density at radius 2 is 1.76 bits per heavy atom. The van der Waals surface area contributed by atoms with Crippen LogP contribution in [0.5, 0.6) is 0 Å². The lowest BCUT2D eigenvalue weighted by molar-refractivity contribution is -0.140. The van der Waals surface area contributed by atoms with Crippen LogP contribution in [0.25, 0.3) is 0 Å². The number of carbonyl (C=O) groups excluding carboxylic acids is 3. The van der Waals surface area contributed by atoms with Gasteiger partial charge in [-0.15, -0.1) is 0 Å². The van der Waals surface area contributed by atoms with Crippen molar-refractivity contribution in [3.63, 3.8) is 0 Å². The minimum Gasteiger partial charge on any atom is -0.355 e. The maximum Gasteiger partial charge on any atom is 0.233 e. The molecule has 2 aliphatic rings. The van der Waals surface area contributed by atoms with Crippen molar-refractivity contribution in [1.82, 2.24) is 15.1 Å². The van der Waals surface area contributed by atoms with Crippen LogP contribution in [0.15, 0.2) is 0 Å². The molecular formula is C15H25N3O3. The van der Waals surface area contributed by atoms with Crippen LogP contribution in [0.4, 0.5) is 0 Å². The van der Waals surface area contributed by atoms with Gasteiger partial charge in [0.25, 0.3) is 0 Å². The van der Waals surface area contributed by atoms with Gasteiger partial charge in [-0.3, -0.25) is 19.3 Å². The molecule has 6 nitrogen and oxygen atoms in total. The molecule has 2 atom stereocenters. The van der Waals surface area contributed by atoms with Crippen molar-refractivity contribution in [3.8, 4) is 0 Å². The van der Waals surface area contributed by atoms with Gasteiger partial charge in [-0.25, -0.2) is 0 Å². The van der Waals surface area contributed by atoms with Gasteiger partial charge in [0, 0.05) is 26.1 Å². The molecule has 0 spiro atoms. The second-order valence-electron chi connectivity index (χ2n) is 6.23. The first-order valence-corrected chi connectivity index (χ1v) is 7.77. The van der Waals surface area contributed by atoms with Crippen LogP contribution in [0.2, 0.25) is 0 Å². The summed E-state index contributed by atoms with van der Waals surface area (Å²) in [6.07, 6.45) is 3.89. The second-order valence-corrected chi connectivity index (χ2v) is 6.23. The fourth-order valence-electron chi connectivity index (χ4n) is 3.17. The first-order chi connectivity index (χ1) is 10.0. The molecule has 2 rings (SSSR count). The molecule has 0 aromatic heterocycles. The van der Waals surface area contributed by atoms with Gasteiger partial charge in [0.05, 0.1) is 11.8 Å². The van der Waals surface area contributed by atoms with Gasteiger partial charge in [-0.2, -0.15) is 0 Å². The molecule has 0 unspecified atom stereocenters. The molecule has 3 amide bonds. The quantitative estimate of drug-likeness (QED) is 0.712. The van der Waals surface area contributed by atoms with Crippen molar-refractivity contribution in [1.29, 1.82) is 0 Å². The molecule has 1 aliphatic heterocycles. The van der Waals surface area contributed by atoms with Gasteiger partial charge >= 0.3 is 0 Å². The Hall–Kier alpha value is -1.43. The molecule has 0 radical (unpaired) electrons. The highest BCUT2D eigenvalue weighted by Crippen LogP contribution is 2.37. The molecule has 0 bridgehead atoms. The molecule has 0 aromatic carbocycles. The van der Waals surface area contributed by atoms with Crippen LogP contribution in [0.1, 0.15) is 32.1 Å². The summed E-state index contributed by atoms with van der Waals surface area (Å²) >= 11 is 0. The number of rotatable bonds is 6. The first kappa shape index (κ1) is 15.9. The molecule has 118 valence electrons. The summed E-state index contributed by atoms with van der Waals surface area (Å²) in [7, 11) is 3.88. The average molecular weight is 295 g/mol. The molecular weight excluding hydrogens is 270 g/mol. The molecule has 21 heavy (non-hydrogen) atoms. The van der Waals surface area contributed by atoms with Crippen molar-refractivity contribution in [2.45, 2.75) is 32.1 Å². The van der Waals surface area contributed by atoms with Gasteiger partial charge in [0.15, 0.2) is 0 Å². The number of hydrogen-bond acceptors (Lipinski definition) is 4. The zero-order chi connectivity index (χ0) is 15.4. The Bertz CT molecular complexity index is 398. The Kier molecular flexibility index (Phi) is 5.33. The lowest BCUT2D eigenvalue weighted by Gasteiger charge is -2.19. The molecule has 1 saturated heterocycles. The fraction of sp³-hybridized carbons (Fsp3) is 0.800. The maximum atomic E-state index is 12.2. The van der Waals surface area contributed by atoms with E-state index in [1.807, 2.05) is 19.0 Å². The van der Waals surface area contributed by atoms with E-state index in [9.17, 15) is 14.4 Å². The van der Waals surface area contributed by atoms with E-state index in [1.165, 1.54) is 4.90 Å². The van der Waals surface area contributed by atoms with Crippen LogP contribution >= 0.6 is 0 Å². The van der Waals surface area contributed by atoms with Crippen molar-refractivity contribution in [2.75, 3.05) is 33.7 Å². The van der Waals surface area contributed by atoms with E-state index >= 15 is 0 Å². The first-order valence-electron chi connectivity index (χ1n) is 7.77. The molecule has 0 aromatic rings. The predicted octanol–water partition coefficient (Wildman–Crippen LogP) is 0.230. The van der Waals surface area contributed by atoms with Crippen LogP contribution in [0.3, 0.4) is 0 Å². The number of likely N-dealkylation sites (N-methyl/N-ethyl adjacent to an activating group) is 1. The van der Waals surface area contributed by atoms with Gasteiger partial charge in [-0.05, 0) is 26.9 Å². The highest BCUT2D eigenvalue weighted by atomic mass is 16.2. The Balaban J connectivity index is 1.79. The molecule has 2 fully saturated rings. The minimum absolute atomic E-state index is 0.0641. The molecule has 1 heterocycles. The summed E-state index contributed by atoms with van der Waals surface area (Å²) in [4.78, 5) is 39.5. The lowest BCUT2D eigenvalue weighted by Crippen LogP contribution is -2.37. The Morgan fingerprint density at radius 1 is 1.19 bits per heavy atom. The summed E-state index contributed by atoms with van der Waals surface area (Å²) in [6.45, 7) is 1.58. The molecule has 1 aliphatic carbocycles. The standard InChI is InChI=1S/C15H25N3O3/c1-17(2)10-8-16-13(19)7-9-18-14(20)11-5-3-4-6-12(11)15(18)21/h11-12H,3-10H2,1-2H3,(H,16,19)/t11-,12+. The number of nitrogens with one attached hydrogen (secondary N) is 1. The maximum absolute atomic E-state index is 12.2. The second kappa shape index (κ2) is 7.02. The third kappa shape index (κ3) is 3.81. The van der Waals surface area contributed by atoms with Crippen LogP contribution in [0, 0.1) is 11.8 Å². The number of imide groups is 1. The van der Waals surface area contributed by atoms with E-state index in [1.54, 1.807) is 0 Å². The summed E-state index contributed by atoms with van der Waals surface area (Å²) in [5.41, 5.74) is 0. The van der Waals surface area contributed by atoms with E-state index in [0.717, 1.165) is 32.2 Å². The third-order valence-electron chi connectivity index (χ3n) is 4.38.